The van der Waals surface area contributed by atoms with E-state index in [-0.39, 0.29) is 12.1 Å². The van der Waals surface area contributed by atoms with Crippen LogP contribution in [0.2, 0.25) is 0 Å². The zero-order valence-electron chi connectivity index (χ0n) is 19.7. The second-order valence-electron chi connectivity index (χ2n) is 8.48. The van der Waals surface area contributed by atoms with E-state index in [0.717, 1.165) is 38.6 Å². The molecule has 1 saturated heterocycles. The fourth-order valence-corrected chi connectivity index (χ4v) is 5.52. The highest BCUT2D eigenvalue weighted by molar-refractivity contribution is 7.99. The first-order valence-electron chi connectivity index (χ1n) is 11.9. The number of hydrogen-bond acceptors (Lipinski definition) is 5. The van der Waals surface area contributed by atoms with E-state index in [1.54, 1.807) is 18.0 Å². The minimum Gasteiger partial charge on any atom is -0.457 e. The standard InChI is InChI=1S/C30H23N3O2S2/c36-30-32-28(25-13-7-8-20-31-25)29(26-18-19-27(35-26)37-24-11-5-2-6-12-24)33(30)21-14-16-23(17-15-21)34-22-9-3-1-4-10-22/h1-20,28-29H,(H,32,36)/t28-,29-/m0/s1. The van der Waals surface area contributed by atoms with Crippen LogP contribution in [0.25, 0.3) is 0 Å². The number of pyridine rings is 1. The first-order valence-corrected chi connectivity index (χ1v) is 13.1. The third-order valence-corrected chi connectivity index (χ3v) is 7.29. The number of thiocarbonyl (C=S) groups is 1. The number of rotatable bonds is 7. The number of nitrogens with zero attached hydrogens (tertiary/aromatic N) is 2. The van der Waals surface area contributed by atoms with Crippen LogP contribution in [-0.2, 0) is 0 Å². The molecule has 1 fully saturated rings. The van der Waals surface area contributed by atoms with Crippen LogP contribution >= 0.6 is 24.0 Å². The highest BCUT2D eigenvalue weighted by atomic mass is 32.2. The third kappa shape index (κ3) is 5.09. The second kappa shape index (κ2) is 10.5. The van der Waals surface area contributed by atoms with Gasteiger partial charge in [-0.1, -0.05) is 54.2 Å². The van der Waals surface area contributed by atoms with Gasteiger partial charge in [-0.05, 0) is 85.0 Å². The molecule has 0 unspecified atom stereocenters. The summed E-state index contributed by atoms with van der Waals surface area (Å²) in [6, 6.07) is 37.4. The Labute approximate surface area is 225 Å². The van der Waals surface area contributed by atoms with E-state index in [2.05, 4.69) is 27.3 Å². The zero-order chi connectivity index (χ0) is 25.0. The van der Waals surface area contributed by atoms with Crippen molar-refractivity contribution in [1.82, 2.24) is 10.3 Å². The summed E-state index contributed by atoms with van der Waals surface area (Å²) in [4.78, 5) is 7.83. The van der Waals surface area contributed by atoms with E-state index >= 15 is 0 Å². The number of ether oxygens (including phenoxy) is 1. The van der Waals surface area contributed by atoms with E-state index in [0.29, 0.717) is 5.11 Å². The molecule has 1 aliphatic rings. The highest BCUT2D eigenvalue weighted by Gasteiger charge is 2.42. The van der Waals surface area contributed by atoms with Gasteiger partial charge in [0.05, 0.1) is 11.7 Å². The topological polar surface area (TPSA) is 50.5 Å². The summed E-state index contributed by atoms with van der Waals surface area (Å²) in [6.45, 7) is 0. The Morgan fingerprint density at radius 3 is 2.22 bits per heavy atom. The van der Waals surface area contributed by atoms with Crippen molar-refractivity contribution in [1.29, 1.82) is 0 Å². The van der Waals surface area contributed by atoms with Gasteiger partial charge in [0.25, 0.3) is 0 Å². The monoisotopic (exact) mass is 521 g/mol. The Morgan fingerprint density at radius 2 is 1.49 bits per heavy atom. The lowest BCUT2D eigenvalue weighted by Gasteiger charge is -2.26. The predicted molar refractivity (Wildman–Crippen MR) is 150 cm³/mol. The largest absolute Gasteiger partial charge is 0.457 e. The normalized spacial score (nSPS) is 17.0. The summed E-state index contributed by atoms with van der Waals surface area (Å²) < 4.78 is 12.4. The van der Waals surface area contributed by atoms with Crippen molar-refractivity contribution in [2.45, 2.75) is 22.1 Å². The van der Waals surface area contributed by atoms with Crippen LogP contribution in [0.1, 0.15) is 23.5 Å². The van der Waals surface area contributed by atoms with Gasteiger partial charge in [-0.2, -0.15) is 0 Å². The maximum Gasteiger partial charge on any atom is 0.174 e. The molecule has 0 amide bonds. The maximum absolute atomic E-state index is 6.40. The van der Waals surface area contributed by atoms with Crippen LogP contribution in [-0.4, -0.2) is 10.1 Å². The molecule has 3 aromatic carbocycles. The Kier molecular flexibility index (Phi) is 6.62. The number of aromatic nitrogens is 1. The fourth-order valence-electron chi connectivity index (χ4n) is 4.37. The molecule has 5 nitrogen and oxygen atoms in total. The highest BCUT2D eigenvalue weighted by Crippen LogP contribution is 2.43. The molecule has 37 heavy (non-hydrogen) atoms. The molecule has 0 saturated carbocycles. The minimum atomic E-state index is -0.214. The van der Waals surface area contributed by atoms with Crippen molar-refractivity contribution in [2.24, 2.45) is 0 Å². The van der Waals surface area contributed by atoms with Crippen LogP contribution in [0.5, 0.6) is 11.5 Å². The van der Waals surface area contributed by atoms with Gasteiger partial charge < -0.3 is 19.4 Å². The number of benzene rings is 3. The van der Waals surface area contributed by atoms with Gasteiger partial charge in [0.1, 0.15) is 23.3 Å². The molecule has 0 radical (unpaired) electrons. The average molecular weight is 522 g/mol. The van der Waals surface area contributed by atoms with Gasteiger partial charge in [-0.25, -0.2) is 0 Å². The van der Waals surface area contributed by atoms with Gasteiger partial charge >= 0.3 is 0 Å². The third-order valence-electron chi connectivity index (χ3n) is 6.05. The maximum atomic E-state index is 6.40. The number of para-hydroxylation sites is 1. The van der Waals surface area contributed by atoms with Gasteiger partial charge in [0, 0.05) is 16.8 Å². The van der Waals surface area contributed by atoms with Crippen molar-refractivity contribution >= 4 is 34.8 Å². The molecule has 0 bridgehead atoms. The van der Waals surface area contributed by atoms with Crippen LogP contribution in [0.3, 0.4) is 0 Å². The lowest BCUT2D eigenvalue weighted by molar-refractivity contribution is 0.383. The molecule has 1 N–H and O–H groups in total. The molecule has 5 aromatic rings. The summed E-state index contributed by atoms with van der Waals surface area (Å²) in [6.07, 6.45) is 1.80. The lowest BCUT2D eigenvalue weighted by Crippen LogP contribution is -2.29. The van der Waals surface area contributed by atoms with E-state index in [9.17, 15) is 0 Å². The summed E-state index contributed by atoms with van der Waals surface area (Å²) in [5, 5.41) is 4.92. The Morgan fingerprint density at radius 1 is 0.784 bits per heavy atom. The van der Waals surface area contributed by atoms with Gasteiger partial charge in [-0.3, -0.25) is 4.98 Å². The Balaban J connectivity index is 1.32. The van der Waals surface area contributed by atoms with Crippen LogP contribution < -0.4 is 15.0 Å². The molecular formula is C30H23N3O2S2. The van der Waals surface area contributed by atoms with Crippen LogP contribution in [0.15, 0.2) is 136 Å². The molecule has 2 atom stereocenters. The Hall–Kier alpha value is -4.07. The number of nitrogens with one attached hydrogen (secondary N) is 1. The average Bonchev–Trinajstić information content (AvgIpc) is 3.54. The van der Waals surface area contributed by atoms with Gasteiger partial charge in [-0.15, -0.1) is 0 Å². The Bertz CT molecular complexity index is 1480. The van der Waals surface area contributed by atoms with Crippen molar-refractivity contribution in [3.05, 3.63) is 133 Å². The summed E-state index contributed by atoms with van der Waals surface area (Å²) in [7, 11) is 0. The first kappa shape index (κ1) is 23.3. The van der Waals surface area contributed by atoms with E-state index in [4.69, 9.17) is 21.4 Å². The molecule has 182 valence electrons. The van der Waals surface area contributed by atoms with Crippen molar-refractivity contribution in [3.63, 3.8) is 0 Å². The molecule has 1 aliphatic heterocycles. The summed E-state index contributed by atoms with van der Waals surface area (Å²) >= 11 is 7.43. The fraction of sp³-hybridized carbons (Fsp3) is 0.0667. The second-order valence-corrected chi connectivity index (χ2v) is 9.94. The molecule has 7 heteroatoms. The molecule has 0 aliphatic carbocycles. The molecule has 0 spiro atoms. The molecule has 6 rings (SSSR count). The SMILES string of the molecule is S=C1N[C@@H](c2ccccn2)[C@H](c2ccc(Sc3ccccc3)o2)N1c1ccc(Oc2ccccc2)cc1. The lowest BCUT2D eigenvalue weighted by atomic mass is 10.0. The van der Waals surface area contributed by atoms with Crippen LogP contribution in [0.4, 0.5) is 5.69 Å². The molecule has 2 aromatic heterocycles. The predicted octanol–water partition coefficient (Wildman–Crippen LogP) is 7.80. The molecular weight excluding hydrogens is 498 g/mol. The minimum absolute atomic E-state index is 0.172. The van der Waals surface area contributed by atoms with Gasteiger partial charge in [0.2, 0.25) is 0 Å². The van der Waals surface area contributed by atoms with E-state index < -0.39 is 0 Å². The van der Waals surface area contributed by atoms with Crippen molar-refractivity contribution in [3.8, 4) is 11.5 Å². The number of hydrogen-bond donors (Lipinski definition) is 1. The summed E-state index contributed by atoms with van der Waals surface area (Å²) in [5.74, 6) is 2.36. The number of anilines is 1. The van der Waals surface area contributed by atoms with Crippen molar-refractivity contribution < 1.29 is 9.15 Å². The number of furan rings is 1. The first-order chi connectivity index (χ1) is 18.2. The smallest absolute Gasteiger partial charge is 0.174 e. The zero-order valence-corrected chi connectivity index (χ0v) is 21.4. The molecule has 3 heterocycles. The van der Waals surface area contributed by atoms with Crippen LogP contribution in [0, 0.1) is 0 Å². The van der Waals surface area contributed by atoms with E-state index in [1.807, 2.05) is 103 Å². The van der Waals surface area contributed by atoms with E-state index in [1.165, 1.54) is 0 Å². The summed E-state index contributed by atoms with van der Waals surface area (Å²) in [5.41, 5.74) is 1.84. The quantitative estimate of drug-likeness (QED) is 0.219. The van der Waals surface area contributed by atoms with Crippen molar-refractivity contribution in [2.75, 3.05) is 4.90 Å². The van der Waals surface area contributed by atoms with Gasteiger partial charge in [0.15, 0.2) is 10.2 Å².